The molecule has 0 saturated heterocycles. The van der Waals surface area contributed by atoms with Crippen LogP contribution in [0.4, 0.5) is 5.69 Å². The Morgan fingerprint density at radius 1 is 1.10 bits per heavy atom. The monoisotopic (exact) mass is 329 g/mol. The molecule has 0 atom stereocenters. The SMILES string of the molecule is O=C(Cc1cccc(Cl)c1)Nc1cc(Cl)c(O)c(Cl)c1. The number of phenols is 1. The van der Waals surface area contributed by atoms with Crippen molar-refractivity contribution in [1.29, 1.82) is 0 Å². The van der Waals surface area contributed by atoms with Crippen molar-refractivity contribution >= 4 is 46.4 Å². The summed E-state index contributed by atoms with van der Waals surface area (Å²) in [4.78, 5) is 11.9. The number of halogens is 3. The summed E-state index contributed by atoms with van der Waals surface area (Å²) >= 11 is 17.4. The number of rotatable bonds is 3. The van der Waals surface area contributed by atoms with E-state index >= 15 is 0 Å². The van der Waals surface area contributed by atoms with E-state index in [0.29, 0.717) is 10.7 Å². The predicted octanol–water partition coefficient (Wildman–Crippen LogP) is 4.53. The molecule has 0 heterocycles. The normalized spacial score (nSPS) is 10.3. The highest BCUT2D eigenvalue weighted by Gasteiger charge is 2.09. The number of nitrogens with one attached hydrogen (secondary N) is 1. The van der Waals surface area contributed by atoms with E-state index in [1.54, 1.807) is 18.2 Å². The summed E-state index contributed by atoms with van der Waals surface area (Å²) in [6.45, 7) is 0. The van der Waals surface area contributed by atoms with Crippen LogP contribution in [0.5, 0.6) is 5.75 Å². The molecule has 6 heteroatoms. The minimum absolute atomic E-state index is 0.0792. The fourth-order valence-corrected chi connectivity index (χ4v) is 2.38. The third kappa shape index (κ3) is 3.79. The molecule has 0 aliphatic heterocycles. The first-order valence-electron chi connectivity index (χ1n) is 5.68. The highest BCUT2D eigenvalue weighted by molar-refractivity contribution is 6.37. The molecule has 0 saturated carbocycles. The van der Waals surface area contributed by atoms with Gasteiger partial charge in [0.05, 0.1) is 16.5 Å². The summed E-state index contributed by atoms with van der Waals surface area (Å²) in [6, 6.07) is 9.90. The van der Waals surface area contributed by atoms with Gasteiger partial charge in [0, 0.05) is 10.7 Å². The van der Waals surface area contributed by atoms with E-state index in [2.05, 4.69) is 5.32 Å². The van der Waals surface area contributed by atoms with Gasteiger partial charge in [-0.2, -0.15) is 0 Å². The molecule has 2 aromatic carbocycles. The fraction of sp³-hybridized carbons (Fsp3) is 0.0714. The third-order valence-corrected chi connectivity index (χ3v) is 3.37. The van der Waals surface area contributed by atoms with Crippen molar-refractivity contribution in [2.24, 2.45) is 0 Å². The van der Waals surface area contributed by atoms with Crippen LogP contribution in [-0.4, -0.2) is 11.0 Å². The molecule has 2 aromatic rings. The molecule has 0 fully saturated rings. The zero-order valence-corrected chi connectivity index (χ0v) is 12.4. The van der Waals surface area contributed by atoms with Gasteiger partial charge in [-0.05, 0) is 29.8 Å². The summed E-state index contributed by atoms with van der Waals surface area (Å²) in [5, 5.41) is 12.8. The molecule has 104 valence electrons. The summed E-state index contributed by atoms with van der Waals surface area (Å²) in [7, 11) is 0. The molecule has 0 radical (unpaired) electrons. The number of benzene rings is 2. The van der Waals surface area contributed by atoms with Crippen LogP contribution >= 0.6 is 34.8 Å². The number of hydrogen-bond acceptors (Lipinski definition) is 2. The smallest absolute Gasteiger partial charge is 0.228 e. The molecule has 0 bridgehead atoms. The summed E-state index contributed by atoms with van der Waals surface area (Å²) in [5.74, 6) is -0.439. The maximum absolute atomic E-state index is 11.9. The molecule has 0 aliphatic carbocycles. The van der Waals surface area contributed by atoms with Crippen LogP contribution in [0.1, 0.15) is 5.56 Å². The quantitative estimate of drug-likeness (QED) is 0.812. The zero-order valence-electron chi connectivity index (χ0n) is 10.2. The molecule has 3 nitrogen and oxygen atoms in total. The Morgan fingerprint density at radius 3 is 2.35 bits per heavy atom. The van der Waals surface area contributed by atoms with E-state index in [4.69, 9.17) is 34.8 Å². The maximum Gasteiger partial charge on any atom is 0.228 e. The van der Waals surface area contributed by atoms with Gasteiger partial charge >= 0.3 is 0 Å². The minimum Gasteiger partial charge on any atom is -0.505 e. The Morgan fingerprint density at radius 2 is 1.75 bits per heavy atom. The molecule has 0 unspecified atom stereocenters. The Bertz CT molecular complexity index is 636. The van der Waals surface area contributed by atoms with Crippen molar-refractivity contribution in [2.45, 2.75) is 6.42 Å². The lowest BCUT2D eigenvalue weighted by atomic mass is 10.1. The van der Waals surface area contributed by atoms with Crippen LogP contribution in [0.2, 0.25) is 15.1 Å². The number of hydrogen-bond donors (Lipinski definition) is 2. The van der Waals surface area contributed by atoms with Crippen LogP contribution in [-0.2, 0) is 11.2 Å². The zero-order chi connectivity index (χ0) is 14.7. The van der Waals surface area contributed by atoms with Crippen LogP contribution < -0.4 is 5.32 Å². The Labute approximate surface area is 131 Å². The highest BCUT2D eigenvalue weighted by atomic mass is 35.5. The van der Waals surface area contributed by atoms with Gasteiger partial charge in [0.2, 0.25) is 5.91 Å². The van der Waals surface area contributed by atoms with Crippen molar-refractivity contribution < 1.29 is 9.90 Å². The van der Waals surface area contributed by atoms with Gasteiger partial charge in [-0.1, -0.05) is 46.9 Å². The van der Waals surface area contributed by atoms with Gasteiger partial charge in [0.25, 0.3) is 0 Å². The highest BCUT2D eigenvalue weighted by Crippen LogP contribution is 2.34. The lowest BCUT2D eigenvalue weighted by Crippen LogP contribution is -2.14. The first-order valence-corrected chi connectivity index (χ1v) is 6.81. The summed E-state index contributed by atoms with van der Waals surface area (Å²) in [6.07, 6.45) is 0.177. The molecule has 0 aliphatic rings. The molecule has 20 heavy (non-hydrogen) atoms. The van der Waals surface area contributed by atoms with E-state index in [1.165, 1.54) is 12.1 Å². The van der Waals surface area contributed by atoms with Gasteiger partial charge in [0.1, 0.15) is 0 Å². The number of anilines is 1. The van der Waals surface area contributed by atoms with E-state index in [-0.39, 0.29) is 28.1 Å². The van der Waals surface area contributed by atoms with Gasteiger partial charge in [-0.3, -0.25) is 4.79 Å². The average molecular weight is 331 g/mol. The van der Waals surface area contributed by atoms with Gasteiger partial charge in [-0.15, -0.1) is 0 Å². The number of aromatic hydroxyl groups is 1. The molecule has 0 spiro atoms. The molecule has 2 N–H and O–H groups in total. The van der Waals surface area contributed by atoms with E-state index < -0.39 is 0 Å². The van der Waals surface area contributed by atoms with Crippen LogP contribution in [0, 0.1) is 0 Å². The Hall–Kier alpha value is -1.42. The molecule has 0 aromatic heterocycles. The number of carbonyl (C=O) groups excluding carboxylic acids is 1. The second kappa shape index (κ2) is 6.35. The van der Waals surface area contributed by atoms with E-state index in [1.807, 2.05) is 6.07 Å². The molecule has 2 rings (SSSR count). The second-order valence-corrected chi connectivity index (χ2v) is 5.39. The average Bonchev–Trinajstić information content (AvgIpc) is 2.35. The van der Waals surface area contributed by atoms with Crippen molar-refractivity contribution in [3.8, 4) is 5.75 Å². The first kappa shape index (κ1) is 15.0. The van der Waals surface area contributed by atoms with Crippen molar-refractivity contribution in [2.75, 3.05) is 5.32 Å². The lowest BCUT2D eigenvalue weighted by molar-refractivity contribution is -0.115. The molecular formula is C14H10Cl3NO2. The topological polar surface area (TPSA) is 49.3 Å². The second-order valence-electron chi connectivity index (χ2n) is 4.14. The van der Waals surface area contributed by atoms with Gasteiger partial charge < -0.3 is 10.4 Å². The van der Waals surface area contributed by atoms with Crippen LogP contribution in [0.3, 0.4) is 0 Å². The third-order valence-electron chi connectivity index (χ3n) is 2.55. The largest absolute Gasteiger partial charge is 0.505 e. The minimum atomic E-state index is -0.231. The summed E-state index contributed by atoms with van der Waals surface area (Å²) < 4.78 is 0. The Kier molecular flexibility index (Phi) is 4.76. The molecule has 1 amide bonds. The van der Waals surface area contributed by atoms with Crippen molar-refractivity contribution in [3.63, 3.8) is 0 Å². The first-order chi connectivity index (χ1) is 9.45. The van der Waals surface area contributed by atoms with Crippen LogP contribution in [0.15, 0.2) is 36.4 Å². The maximum atomic E-state index is 11.9. The van der Waals surface area contributed by atoms with Gasteiger partial charge in [-0.25, -0.2) is 0 Å². The standard InChI is InChI=1S/C14H10Cl3NO2/c15-9-3-1-2-8(4-9)5-13(19)18-10-6-11(16)14(20)12(17)7-10/h1-4,6-7,20H,5H2,(H,18,19). The van der Waals surface area contributed by atoms with E-state index in [0.717, 1.165) is 5.56 Å². The number of phenolic OH excluding ortho intramolecular Hbond substituents is 1. The number of carbonyl (C=O) groups is 1. The molecular weight excluding hydrogens is 321 g/mol. The van der Waals surface area contributed by atoms with E-state index in [9.17, 15) is 9.90 Å². The van der Waals surface area contributed by atoms with Crippen molar-refractivity contribution in [3.05, 3.63) is 57.0 Å². The number of amides is 1. The predicted molar refractivity (Wildman–Crippen MR) is 81.9 cm³/mol. The fourth-order valence-electron chi connectivity index (χ4n) is 1.68. The van der Waals surface area contributed by atoms with Crippen molar-refractivity contribution in [1.82, 2.24) is 0 Å². The van der Waals surface area contributed by atoms with Gasteiger partial charge in [0.15, 0.2) is 5.75 Å². The summed E-state index contributed by atoms with van der Waals surface area (Å²) in [5.41, 5.74) is 1.22. The Balaban J connectivity index is 2.09. The van der Waals surface area contributed by atoms with Crippen LogP contribution in [0.25, 0.3) is 0 Å². The lowest BCUT2D eigenvalue weighted by Gasteiger charge is -2.08.